The second-order valence-electron chi connectivity index (χ2n) is 6.75. The molecule has 0 bridgehead atoms. The molecule has 2 aliphatic carbocycles. The van der Waals surface area contributed by atoms with E-state index in [-0.39, 0.29) is 8.77 Å². The summed E-state index contributed by atoms with van der Waals surface area (Å²) in [6.07, 6.45) is 6.90. The van der Waals surface area contributed by atoms with Crippen molar-refractivity contribution in [1.82, 2.24) is 0 Å². The molecule has 0 aromatic heterocycles. The third kappa shape index (κ3) is 2.59. The minimum atomic E-state index is -1.35. The van der Waals surface area contributed by atoms with E-state index in [1.807, 2.05) is 0 Å². The molecule has 2 saturated carbocycles. The zero-order valence-electron chi connectivity index (χ0n) is 11.8. The molecule has 20 heavy (non-hydrogen) atoms. The highest BCUT2D eigenvalue weighted by atomic mass is 19.2. The van der Waals surface area contributed by atoms with Gasteiger partial charge in [0.25, 0.3) is 0 Å². The number of rotatable bonds is 1. The van der Waals surface area contributed by atoms with Gasteiger partial charge >= 0.3 is 0 Å². The maximum atomic E-state index is 13.4. The summed E-state index contributed by atoms with van der Waals surface area (Å²) in [6, 6.07) is 2.38. The fourth-order valence-corrected chi connectivity index (χ4v) is 4.24. The van der Waals surface area contributed by atoms with Crippen molar-refractivity contribution in [3.05, 3.63) is 35.1 Å². The molecule has 0 N–H and O–H groups in total. The molecule has 0 radical (unpaired) electrons. The molecule has 2 aliphatic rings. The average molecular weight is 286 g/mol. The molecule has 0 heterocycles. The first kappa shape index (κ1) is 14.0. The Kier molecular flexibility index (Phi) is 3.78. The highest BCUT2D eigenvalue weighted by molar-refractivity contribution is 5.24. The second kappa shape index (κ2) is 5.42. The fraction of sp³-hybridized carbons (Fsp3) is 0.647. The predicted molar refractivity (Wildman–Crippen MR) is 77.1 cm³/mol. The lowest BCUT2D eigenvalue weighted by atomic mass is 9.64. The lowest BCUT2D eigenvalue weighted by Gasteiger charge is -2.41. The van der Waals surface area contributed by atoms with Gasteiger partial charge in [-0.15, -0.1) is 0 Å². The van der Waals surface area contributed by atoms with Crippen LogP contribution < -0.4 is 0 Å². The number of fused-ring (bicyclic) bond motifs is 1. The van der Waals surface area contributed by atoms with E-state index in [0.29, 0.717) is 11.5 Å². The molecule has 0 spiro atoms. The maximum absolute atomic E-state index is 13.4. The van der Waals surface area contributed by atoms with Gasteiger partial charge in [-0.05, 0) is 73.5 Å². The van der Waals surface area contributed by atoms with Crippen molar-refractivity contribution in [2.45, 2.75) is 51.4 Å². The molecular weight excluding hydrogens is 261 g/mol. The quantitative estimate of drug-likeness (QED) is 0.562. The van der Waals surface area contributed by atoms with Crippen LogP contribution in [0.25, 0.3) is 0 Å². The van der Waals surface area contributed by atoms with E-state index in [1.165, 1.54) is 31.4 Å². The van der Waals surface area contributed by atoms with Gasteiger partial charge in [0.1, 0.15) is 0 Å². The van der Waals surface area contributed by atoms with Crippen molar-refractivity contribution in [1.29, 1.82) is 0 Å². The molecule has 114 valence electrons. The smallest absolute Gasteiger partial charge is 0.194 e. The predicted octanol–water partition coefficient (Wildman–Crippen LogP) is 5.92. The van der Waals surface area contributed by atoms with Gasteiger partial charge in [-0.2, -0.15) is 0 Å². The van der Waals surface area contributed by atoms with Gasteiger partial charge in [-0.1, -0.05) is 13.3 Å². The molecule has 0 amide bonds. The standard InChI is InChI=1S/C17H21F3.2H2/c1-10-2-3-12-7-13(5-4-11(12)6-10)14-8-15(18)17(20)16(19)9-14;;/h8-13H,2-7H2,1H3;2*1H/t10?,11?,12-,13-;;/m0../s1. The summed E-state index contributed by atoms with van der Waals surface area (Å²) in [5.41, 5.74) is 0.637. The van der Waals surface area contributed by atoms with Gasteiger partial charge in [-0.3, -0.25) is 0 Å². The van der Waals surface area contributed by atoms with Crippen LogP contribution in [-0.4, -0.2) is 0 Å². The minimum Gasteiger partial charge on any atom is -0.204 e. The Morgan fingerprint density at radius 2 is 1.50 bits per heavy atom. The first-order chi connectivity index (χ1) is 9.54. The van der Waals surface area contributed by atoms with Crippen molar-refractivity contribution in [3.63, 3.8) is 0 Å². The Morgan fingerprint density at radius 3 is 2.20 bits per heavy atom. The number of halogens is 3. The summed E-state index contributed by atoms with van der Waals surface area (Å²) in [5, 5.41) is 0. The second-order valence-corrected chi connectivity index (χ2v) is 6.75. The molecule has 0 aliphatic heterocycles. The van der Waals surface area contributed by atoms with E-state index >= 15 is 0 Å². The largest absolute Gasteiger partial charge is 0.204 e. The summed E-state index contributed by atoms with van der Waals surface area (Å²) in [4.78, 5) is 0. The Bertz CT molecular complexity index is 484. The Labute approximate surface area is 121 Å². The molecule has 1 aromatic carbocycles. The zero-order valence-corrected chi connectivity index (χ0v) is 11.8. The van der Waals surface area contributed by atoms with Gasteiger partial charge in [0.05, 0.1) is 0 Å². The minimum absolute atomic E-state index is 0. The van der Waals surface area contributed by atoms with Gasteiger partial charge in [0.15, 0.2) is 17.5 Å². The Morgan fingerprint density at radius 1 is 0.900 bits per heavy atom. The molecule has 2 fully saturated rings. The van der Waals surface area contributed by atoms with Crippen LogP contribution >= 0.6 is 0 Å². The molecule has 0 saturated heterocycles. The summed E-state index contributed by atoms with van der Waals surface area (Å²) >= 11 is 0. The Hall–Kier alpha value is -0.990. The molecular formula is C17H25F3. The summed E-state index contributed by atoms with van der Waals surface area (Å²) in [6.45, 7) is 2.31. The normalized spacial score (nSPS) is 33.8. The first-order valence-electron chi connectivity index (χ1n) is 7.69. The van der Waals surface area contributed by atoms with Gasteiger partial charge < -0.3 is 0 Å². The highest BCUT2D eigenvalue weighted by Crippen LogP contribution is 2.47. The lowest BCUT2D eigenvalue weighted by molar-refractivity contribution is 0.124. The van der Waals surface area contributed by atoms with Crippen molar-refractivity contribution in [2.24, 2.45) is 17.8 Å². The summed E-state index contributed by atoms with van der Waals surface area (Å²) < 4.78 is 39.8. The average Bonchev–Trinajstić information content (AvgIpc) is 2.43. The van der Waals surface area contributed by atoms with Crippen LogP contribution in [0, 0.1) is 35.2 Å². The van der Waals surface area contributed by atoms with E-state index in [0.717, 1.165) is 31.1 Å². The monoisotopic (exact) mass is 286 g/mol. The van der Waals surface area contributed by atoms with Crippen LogP contribution in [0.2, 0.25) is 0 Å². The maximum Gasteiger partial charge on any atom is 0.194 e. The van der Waals surface area contributed by atoms with Crippen LogP contribution in [0.1, 0.15) is 59.8 Å². The fourth-order valence-electron chi connectivity index (χ4n) is 4.24. The van der Waals surface area contributed by atoms with E-state index in [1.54, 1.807) is 0 Å². The van der Waals surface area contributed by atoms with Crippen LogP contribution in [0.5, 0.6) is 0 Å². The third-order valence-corrected chi connectivity index (χ3v) is 5.35. The van der Waals surface area contributed by atoms with E-state index in [2.05, 4.69) is 6.92 Å². The summed E-state index contributed by atoms with van der Waals surface area (Å²) in [7, 11) is 0. The van der Waals surface area contributed by atoms with E-state index in [4.69, 9.17) is 0 Å². The van der Waals surface area contributed by atoms with Crippen LogP contribution in [0.4, 0.5) is 13.2 Å². The lowest BCUT2D eigenvalue weighted by Crippen LogP contribution is -2.29. The van der Waals surface area contributed by atoms with Crippen molar-refractivity contribution in [2.75, 3.05) is 0 Å². The topological polar surface area (TPSA) is 0 Å². The van der Waals surface area contributed by atoms with Gasteiger partial charge in [0, 0.05) is 2.85 Å². The molecule has 3 heteroatoms. The first-order valence-corrected chi connectivity index (χ1v) is 7.69. The Balaban J connectivity index is 0.00000121. The number of hydrogen-bond donors (Lipinski definition) is 0. The van der Waals surface area contributed by atoms with Crippen LogP contribution in [0.3, 0.4) is 0 Å². The van der Waals surface area contributed by atoms with Crippen LogP contribution in [-0.2, 0) is 0 Å². The van der Waals surface area contributed by atoms with E-state index in [9.17, 15) is 13.2 Å². The van der Waals surface area contributed by atoms with Gasteiger partial charge in [0.2, 0.25) is 0 Å². The van der Waals surface area contributed by atoms with E-state index < -0.39 is 17.5 Å². The van der Waals surface area contributed by atoms with Crippen molar-refractivity contribution in [3.8, 4) is 0 Å². The van der Waals surface area contributed by atoms with Crippen molar-refractivity contribution < 1.29 is 16.0 Å². The van der Waals surface area contributed by atoms with Gasteiger partial charge in [-0.25, -0.2) is 13.2 Å². The highest BCUT2D eigenvalue weighted by Gasteiger charge is 2.35. The SMILES string of the molecule is CC1CC[C@H]2C[C@@H](c3cc(F)c(F)c(F)c3)CCC2C1.[HH].[HH]. The molecule has 0 nitrogen and oxygen atoms in total. The molecule has 2 unspecified atom stereocenters. The summed E-state index contributed by atoms with van der Waals surface area (Å²) in [5.74, 6) is -0.998. The third-order valence-electron chi connectivity index (χ3n) is 5.35. The molecule has 3 rings (SSSR count). The number of hydrogen-bond acceptors (Lipinski definition) is 0. The zero-order chi connectivity index (χ0) is 14.3. The van der Waals surface area contributed by atoms with Crippen LogP contribution in [0.15, 0.2) is 12.1 Å². The molecule has 4 atom stereocenters. The molecule has 1 aromatic rings. The number of benzene rings is 1. The van der Waals surface area contributed by atoms with Crippen molar-refractivity contribution >= 4 is 0 Å².